The van der Waals surface area contributed by atoms with Gasteiger partial charge in [0.25, 0.3) is 5.91 Å². The topological polar surface area (TPSA) is 92.9 Å². The van der Waals surface area contributed by atoms with Crippen LogP contribution < -0.4 is 15.4 Å². The number of anilines is 2. The fourth-order valence-corrected chi connectivity index (χ4v) is 2.63. The summed E-state index contributed by atoms with van der Waals surface area (Å²) in [7, 11) is 0. The zero-order valence-corrected chi connectivity index (χ0v) is 12.3. The van der Waals surface area contributed by atoms with E-state index >= 15 is 0 Å². The molecule has 6 nitrogen and oxygen atoms in total. The average Bonchev–Trinajstić information content (AvgIpc) is 2.46. The van der Waals surface area contributed by atoms with E-state index in [1.54, 1.807) is 18.2 Å². The van der Waals surface area contributed by atoms with E-state index < -0.39 is 11.6 Å². The standard InChI is InChI=1S/C15H20N2O4/c1-3-15(4-2)14(20)17(9-8-12(18)19)13-10(16)6-5-7-11(13)21-15/h5-7H,3-4,8-9,16H2,1-2H3,(H,18,19). The van der Waals surface area contributed by atoms with Crippen LogP contribution in [0.5, 0.6) is 5.75 Å². The van der Waals surface area contributed by atoms with E-state index in [4.69, 9.17) is 15.6 Å². The van der Waals surface area contributed by atoms with E-state index in [2.05, 4.69) is 0 Å². The van der Waals surface area contributed by atoms with Gasteiger partial charge in [-0.15, -0.1) is 0 Å². The van der Waals surface area contributed by atoms with Gasteiger partial charge < -0.3 is 20.5 Å². The van der Waals surface area contributed by atoms with Gasteiger partial charge >= 0.3 is 5.97 Å². The Kier molecular flexibility index (Phi) is 4.06. The smallest absolute Gasteiger partial charge is 0.305 e. The first-order valence-corrected chi connectivity index (χ1v) is 7.06. The van der Waals surface area contributed by atoms with Crippen LogP contribution in [0.1, 0.15) is 33.1 Å². The number of aliphatic carboxylic acids is 1. The number of carboxylic acid groups (broad SMARTS) is 1. The fourth-order valence-electron chi connectivity index (χ4n) is 2.63. The number of nitrogens with two attached hydrogens (primary N) is 1. The van der Waals surface area contributed by atoms with E-state index in [0.717, 1.165) is 0 Å². The quantitative estimate of drug-likeness (QED) is 0.810. The SMILES string of the molecule is CCC1(CC)Oc2cccc(N)c2N(CCC(=O)O)C1=O. The first-order valence-electron chi connectivity index (χ1n) is 7.06. The summed E-state index contributed by atoms with van der Waals surface area (Å²) in [6.07, 6.45) is 0.892. The Balaban J connectivity index is 2.50. The number of nitrogen functional groups attached to an aromatic ring is 1. The van der Waals surface area contributed by atoms with Crippen molar-refractivity contribution < 1.29 is 19.4 Å². The van der Waals surface area contributed by atoms with Crippen LogP contribution in [0, 0.1) is 0 Å². The largest absolute Gasteiger partial charge is 0.481 e. The summed E-state index contributed by atoms with van der Waals surface area (Å²) >= 11 is 0. The molecule has 0 bridgehead atoms. The highest BCUT2D eigenvalue weighted by atomic mass is 16.5. The van der Waals surface area contributed by atoms with Crippen LogP contribution in [-0.4, -0.2) is 29.1 Å². The third-order valence-corrected chi connectivity index (χ3v) is 3.93. The molecule has 1 aliphatic heterocycles. The summed E-state index contributed by atoms with van der Waals surface area (Å²) in [5.41, 5.74) is 5.89. The molecule has 1 heterocycles. The number of hydrogen-bond acceptors (Lipinski definition) is 4. The number of para-hydroxylation sites is 1. The number of fused-ring (bicyclic) bond motifs is 1. The molecule has 21 heavy (non-hydrogen) atoms. The molecule has 6 heteroatoms. The van der Waals surface area contributed by atoms with Crippen LogP contribution in [0.15, 0.2) is 18.2 Å². The minimum absolute atomic E-state index is 0.0838. The third kappa shape index (κ3) is 2.53. The van der Waals surface area contributed by atoms with Crippen molar-refractivity contribution in [3.05, 3.63) is 18.2 Å². The second kappa shape index (κ2) is 5.63. The number of carboxylic acids is 1. The summed E-state index contributed by atoms with van der Waals surface area (Å²) < 4.78 is 5.93. The first-order chi connectivity index (χ1) is 9.95. The second-order valence-corrected chi connectivity index (χ2v) is 5.10. The van der Waals surface area contributed by atoms with E-state index in [1.807, 2.05) is 13.8 Å². The number of hydrogen-bond donors (Lipinski definition) is 2. The van der Waals surface area contributed by atoms with Crippen molar-refractivity contribution in [3.63, 3.8) is 0 Å². The first kappa shape index (κ1) is 15.2. The van der Waals surface area contributed by atoms with E-state index in [0.29, 0.717) is 30.0 Å². The highest BCUT2D eigenvalue weighted by molar-refractivity contribution is 6.05. The maximum absolute atomic E-state index is 12.8. The molecule has 0 atom stereocenters. The van der Waals surface area contributed by atoms with Crippen LogP contribution in [0.2, 0.25) is 0 Å². The lowest BCUT2D eigenvalue weighted by Crippen LogP contribution is -2.56. The van der Waals surface area contributed by atoms with Gasteiger partial charge in [0.1, 0.15) is 11.4 Å². The number of benzene rings is 1. The molecule has 1 amide bonds. The van der Waals surface area contributed by atoms with Crippen LogP contribution in [0.4, 0.5) is 11.4 Å². The van der Waals surface area contributed by atoms with Crippen molar-refractivity contribution in [3.8, 4) is 5.75 Å². The molecule has 1 aliphatic rings. The lowest BCUT2D eigenvalue weighted by Gasteiger charge is -2.42. The normalized spacial score (nSPS) is 16.3. The molecule has 2 rings (SSSR count). The highest BCUT2D eigenvalue weighted by Gasteiger charge is 2.46. The Labute approximate surface area is 123 Å². The Morgan fingerprint density at radius 2 is 2.05 bits per heavy atom. The van der Waals surface area contributed by atoms with Crippen molar-refractivity contribution in [1.82, 2.24) is 0 Å². The molecule has 0 saturated carbocycles. The number of ether oxygens (including phenoxy) is 1. The maximum atomic E-state index is 12.8. The van der Waals surface area contributed by atoms with Gasteiger partial charge in [-0.05, 0) is 25.0 Å². The summed E-state index contributed by atoms with van der Waals surface area (Å²) in [4.78, 5) is 25.1. The average molecular weight is 292 g/mol. The molecule has 114 valence electrons. The Hall–Kier alpha value is -2.24. The Bertz CT molecular complexity index is 567. The maximum Gasteiger partial charge on any atom is 0.305 e. The van der Waals surface area contributed by atoms with Crippen molar-refractivity contribution in [2.75, 3.05) is 17.2 Å². The molecular weight excluding hydrogens is 272 g/mol. The van der Waals surface area contributed by atoms with Crippen LogP contribution in [0.25, 0.3) is 0 Å². The van der Waals surface area contributed by atoms with Crippen LogP contribution in [-0.2, 0) is 9.59 Å². The van der Waals surface area contributed by atoms with Gasteiger partial charge in [0.15, 0.2) is 5.60 Å². The molecule has 0 aliphatic carbocycles. The number of rotatable bonds is 5. The summed E-state index contributed by atoms with van der Waals surface area (Å²) in [5.74, 6) is -0.646. The van der Waals surface area contributed by atoms with Gasteiger partial charge in [-0.25, -0.2) is 0 Å². The van der Waals surface area contributed by atoms with Gasteiger partial charge in [0.05, 0.1) is 12.1 Å². The second-order valence-electron chi connectivity index (χ2n) is 5.10. The molecule has 0 aromatic heterocycles. The lowest BCUT2D eigenvalue weighted by atomic mass is 9.92. The Morgan fingerprint density at radius 3 is 2.62 bits per heavy atom. The predicted molar refractivity (Wildman–Crippen MR) is 79.4 cm³/mol. The van der Waals surface area contributed by atoms with E-state index in [-0.39, 0.29) is 18.9 Å². The summed E-state index contributed by atoms with van der Waals surface area (Å²) in [6, 6.07) is 5.19. The zero-order chi connectivity index (χ0) is 15.6. The molecule has 0 spiro atoms. The van der Waals surface area contributed by atoms with E-state index in [1.165, 1.54) is 4.90 Å². The molecule has 0 saturated heterocycles. The molecule has 1 aromatic rings. The van der Waals surface area contributed by atoms with Crippen molar-refractivity contribution in [2.24, 2.45) is 0 Å². The van der Waals surface area contributed by atoms with Gasteiger partial charge in [-0.2, -0.15) is 0 Å². The zero-order valence-electron chi connectivity index (χ0n) is 12.3. The third-order valence-electron chi connectivity index (χ3n) is 3.93. The number of amides is 1. The number of carbonyl (C=O) groups excluding carboxylic acids is 1. The number of nitrogens with zero attached hydrogens (tertiary/aromatic N) is 1. The molecule has 1 aromatic carbocycles. The van der Waals surface area contributed by atoms with Gasteiger partial charge in [0.2, 0.25) is 0 Å². The molecule has 0 fully saturated rings. The molecular formula is C15H20N2O4. The number of carbonyl (C=O) groups is 2. The van der Waals surface area contributed by atoms with Crippen LogP contribution >= 0.6 is 0 Å². The predicted octanol–water partition coefficient (Wildman–Crippen LogP) is 2.03. The minimum atomic E-state index is -0.955. The Morgan fingerprint density at radius 1 is 1.38 bits per heavy atom. The summed E-state index contributed by atoms with van der Waals surface area (Å²) in [5, 5.41) is 8.89. The lowest BCUT2D eigenvalue weighted by molar-refractivity contribution is -0.138. The van der Waals surface area contributed by atoms with Crippen LogP contribution in [0.3, 0.4) is 0 Å². The van der Waals surface area contributed by atoms with Gasteiger partial charge in [0, 0.05) is 6.54 Å². The molecule has 0 unspecified atom stereocenters. The highest BCUT2D eigenvalue weighted by Crippen LogP contribution is 2.43. The van der Waals surface area contributed by atoms with Crippen molar-refractivity contribution >= 4 is 23.3 Å². The monoisotopic (exact) mass is 292 g/mol. The van der Waals surface area contributed by atoms with E-state index in [9.17, 15) is 9.59 Å². The summed E-state index contributed by atoms with van der Waals surface area (Å²) in [6.45, 7) is 3.85. The molecule has 0 radical (unpaired) electrons. The van der Waals surface area contributed by atoms with Gasteiger partial charge in [-0.1, -0.05) is 19.9 Å². The van der Waals surface area contributed by atoms with Crippen molar-refractivity contribution in [1.29, 1.82) is 0 Å². The minimum Gasteiger partial charge on any atom is -0.481 e. The molecule has 3 N–H and O–H groups in total. The van der Waals surface area contributed by atoms with Crippen molar-refractivity contribution in [2.45, 2.75) is 38.7 Å². The fraction of sp³-hybridized carbons (Fsp3) is 0.467. The van der Waals surface area contributed by atoms with Gasteiger partial charge in [-0.3, -0.25) is 9.59 Å².